The van der Waals surface area contributed by atoms with E-state index in [2.05, 4.69) is 5.32 Å². The Kier molecular flexibility index (Phi) is 7.78. The number of hydrogen-bond donors (Lipinski definition) is 1. The van der Waals surface area contributed by atoms with Crippen LogP contribution in [0.2, 0.25) is 0 Å². The lowest BCUT2D eigenvalue weighted by atomic mass is 10.2. The number of nitrogens with one attached hydrogen (secondary N) is 1. The number of nitrogens with zero attached hydrogens (tertiary/aromatic N) is 1. The molecule has 1 N–H and O–H groups in total. The molecule has 2 aliphatic rings. The third-order valence-corrected chi connectivity index (χ3v) is 6.68. The molecule has 0 radical (unpaired) electrons. The summed E-state index contributed by atoms with van der Waals surface area (Å²) in [5, 5.41) is 2.38. The van der Waals surface area contributed by atoms with E-state index in [0.29, 0.717) is 28.1 Å². The van der Waals surface area contributed by atoms with Crippen LogP contribution in [0.4, 0.5) is 18.9 Å². The highest BCUT2D eigenvalue weighted by Crippen LogP contribution is 2.34. The van der Waals surface area contributed by atoms with Gasteiger partial charge in [0.05, 0.1) is 23.1 Å². The van der Waals surface area contributed by atoms with Crippen molar-refractivity contribution in [1.29, 1.82) is 0 Å². The second kappa shape index (κ2) is 10.8. The van der Waals surface area contributed by atoms with Gasteiger partial charge in [0.2, 0.25) is 0 Å². The highest BCUT2D eigenvalue weighted by Gasteiger charge is 2.34. The number of thioether (sulfide) groups is 1. The van der Waals surface area contributed by atoms with Gasteiger partial charge in [0, 0.05) is 12.3 Å². The molecule has 0 spiro atoms. The lowest BCUT2D eigenvalue weighted by Crippen LogP contribution is -2.35. The molecule has 2 aliphatic heterocycles. The second-order valence-electron chi connectivity index (χ2n) is 7.91. The van der Waals surface area contributed by atoms with Gasteiger partial charge in [-0.3, -0.25) is 14.5 Å². The predicted octanol–water partition coefficient (Wildman–Crippen LogP) is 5.10. The number of hydrogen-bond acceptors (Lipinski definition) is 6. The summed E-state index contributed by atoms with van der Waals surface area (Å²) in [5.41, 5.74) is -0.0699. The van der Waals surface area contributed by atoms with Crippen LogP contribution in [0, 0.1) is 0 Å². The van der Waals surface area contributed by atoms with Gasteiger partial charge in [0.25, 0.3) is 11.8 Å². The molecular weight excluding hydrogens is 501 g/mol. The van der Waals surface area contributed by atoms with E-state index in [1.165, 1.54) is 23.9 Å². The van der Waals surface area contributed by atoms with Crippen molar-refractivity contribution in [2.45, 2.75) is 25.1 Å². The first-order valence-electron chi connectivity index (χ1n) is 10.8. The van der Waals surface area contributed by atoms with Gasteiger partial charge in [0.15, 0.2) is 6.61 Å². The number of alkyl halides is 3. The molecule has 0 saturated carbocycles. The molecule has 2 amide bonds. The van der Waals surface area contributed by atoms with Crippen molar-refractivity contribution in [2.24, 2.45) is 0 Å². The quantitative estimate of drug-likeness (QED) is 0.403. The van der Waals surface area contributed by atoms with E-state index in [1.54, 1.807) is 35.2 Å². The molecule has 0 unspecified atom stereocenters. The topological polar surface area (TPSA) is 67.9 Å². The maximum atomic E-state index is 12.8. The highest BCUT2D eigenvalue weighted by molar-refractivity contribution is 8.26. The fourth-order valence-electron chi connectivity index (χ4n) is 3.58. The Balaban J connectivity index is 1.30. The van der Waals surface area contributed by atoms with E-state index >= 15 is 0 Å². The average molecular weight is 523 g/mol. The van der Waals surface area contributed by atoms with E-state index in [9.17, 15) is 22.8 Å². The van der Waals surface area contributed by atoms with Gasteiger partial charge < -0.3 is 14.8 Å². The summed E-state index contributed by atoms with van der Waals surface area (Å²) < 4.78 is 49.9. The maximum Gasteiger partial charge on any atom is 0.416 e. The van der Waals surface area contributed by atoms with Crippen molar-refractivity contribution in [3.05, 3.63) is 64.6 Å². The number of carbonyl (C=O) groups excluding carboxylic acids is 2. The molecule has 2 heterocycles. The van der Waals surface area contributed by atoms with Crippen molar-refractivity contribution in [2.75, 3.05) is 25.1 Å². The van der Waals surface area contributed by atoms with E-state index in [0.717, 1.165) is 30.5 Å². The zero-order valence-corrected chi connectivity index (χ0v) is 20.0. The summed E-state index contributed by atoms with van der Waals surface area (Å²) in [4.78, 5) is 26.9. The maximum absolute atomic E-state index is 12.8. The van der Waals surface area contributed by atoms with Gasteiger partial charge in [0.1, 0.15) is 10.1 Å². The normalized spacial score (nSPS) is 19.5. The first-order valence-corrected chi connectivity index (χ1v) is 12.0. The number of carbonyl (C=O) groups is 2. The van der Waals surface area contributed by atoms with Gasteiger partial charge in [-0.25, -0.2) is 0 Å². The van der Waals surface area contributed by atoms with Crippen LogP contribution in [0.5, 0.6) is 5.75 Å². The molecule has 6 nitrogen and oxygen atoms in total. The monoisotopic (exact) mass is 522 g/mol. The molecule has 2 fully saturated rings. The molecule has 0 bridgehead atoms. The Labute approximate surface area is 209 Å². The number of thiocarbonyl (C=S) groups is 1. The fourth-order valence-corrected chi connectivity index (χ4v) is 4.86. The Morgan fingerprint density at radius 2 is 2.03 bits per heavy atom. The Morgan fingerprint density at radius 3 is 2.71 bits per heavy atom. The van der Waals surface area contributed by atoms with Gasteiger partial charge >= 0.3 is 6.18 Å². The zero-order chi connectivity index (χ0) is 25.0. The van der Waals surface area contributed by atoms with Crippen LogP contribution in [0.3, 0.4) is 0 Å². The van der Waals surface area contributed by atoms with Crippen LogP contribution in [0.25, 0.3) is 6.08 Å². The fraction of sp³-hybridized carbons (Fsp3) is 0.292. The van der Waals surface area contributed by atoms with Crippen LogP contribution in [0.15, 0.2) is 53.4 Å². The van der Waals surface area contributed by atoms with E-state index in [4.69, 9.17) is 21.7 Å². The minimum Gasteiger partial charge on any atom is -0.484 e. The summed E-state index contributed by atoms with van der Waals surface area (Å²) in [6.07, 6.45) is -0.853. The largest absolute Gasteiger partial charge is 0.484 e. The van der Waals surface area contributed by atoms with Crippen molar-refractivity contribution in [1.82, 2.24) is 4.90 Å². The molecule has 2 aromatic rings. The second-order valence-corrected chi connectivity index (χ2v) is 9.59. The van der Waals surface area contributed by atoms with Crippen molar-refractivity contribution in [3.8, 4) is 5.75 Å². The minimum absolute atomic E-state index is 0.0130. The number of rotatable bonds is 7. The molecule has 0 aromatic heterocycles. The molecule has 2 saturated heterocycles. The Hall–Kier alpha value is -2.89. The van der Waals surface area contributed by atoms with Gasteiger partial charge in [-0.05, 0) is 54.8 Å². The van der Waals surface area contributed by atoms with E-state index < -0.39 is 17.6 Å². The Morgan fingerprint density at radius 1 is 1.26 bits per heavy atom. The van der Waals surface area contributed by atoms with Crippen molar-refractivity contribution in [3.63, 3.8) is 0 Å². The lowest BCUT2D eigenvalue weighted by molar-refractivity contribution is -0.137. The van der Waals surface area contributed by atoms with Crippen LogP contribution in [-0.2, 0) is 20.5 Å². The molecule has 11 heteroatoms. The zero-order valence-electron chi connectivity index (χ0n) is 18.3. The highest BCUT2D eigenvalue weighted by atomic mass is 32.2. The summed E-state index contributed by atoms with van der Waals surface area (Å²) in [5.74, 6) is -0.349. The lowest BCUT2D eigenvalue weighted by Gasteiger charge is -2.18. The van der Waals surface area contributed by atoms with E-state index in [1.807, 2.05) is 0 Å². The van der Waals surface area contributed by atoms with Crippen molar-refractivity contribution < 1.29 is 32.2 Å². The molecule has 184 valence electrons. The standard InChI is InChI=1S/C24H21F3N2O4S2/c25-24(26,27)16-3-1-4-17(12-16)28-21(30)14-33-18-8-6-15(7-9-18)11-20-22(31)29(23(34)35-20)13-19-5-2-10-32-19/h1,3-4,6-9,11-12,19H,2,5,10,13-14H2,(H,28,30)/b20-11-/t19-/m1/s1. The first-order chi connectivity index (χ1) is 16.7. The van der Waals surface area contributed by atoms with Crippen LogP contribution in [-0.4, -0.2) is 46.9 Å². The number of anilines is 1. The first kappa shape index (κ1) is 25.2. The molecule has 1 atom stereocenters. The number of amides is 2. The van der Waals surface area contributed by atoms with Crippen LogP contribution in [0.1, 0.15) is 24.0 Å². The van der Waals surface area contributed by atoms with E-state index in [-0.39, 0.29) is 24.3 Å². The molecule has 4 rings (SSSR count). The minimum atomic E-state index is -4.50. The van der Waals surface area contributed by atoms with Crippen molar-refractivity contribution >= 4 is 51.9 Å². The SMILES string of the molecule is O=C(COc1ccc(/C=C2\SC(=S)N(C[C@H]3CCCO3)C2=O)cc1)Nc1cccc(C(F)(F)F)c1. The van der Waals surface area contributed by atoms with Crippen LogP contribution >= 0.6 is 24.0 Å². The van der Waals surface area contributed by atoms with Crippen LogP contribution < -0.4 is 10.1 Å². The molecule has 2 aromatic carbocycles. The number of halogens is 3. The Bertz CT molecular complexity index is 1150. The van der Waals surface area contributed by atoms with Gasteiger partial charge in [-0.2, -0.15) is 13.2 Å². The molecule has 0 aliphatic carbocycles. The smallest absolute Gasteiger partial charge is 0.416 e. The third-order valence-electron chi connectivity index (χ3n) is 5.31. The average Bonchev–Trinajstić information content (AvgIpc) is 3.42. The van der Waals surface area contributed by atoms with Gasteiger partial charge in [-0.1, -0.05) is 42.2 Å². The van der Waals surface area contributed by atoms with Gasteiger partial charge in [-0.15, -0.1) is 0 Å². The number of ether oxygens (including phenoxy) is 2. The number of benzene rings is 2. The third kappa shape index (κ3) is 6.62. The summed E-state index contributed by atoms with van der Waals surface area (Å²) in [6.45, 7) is 0.783. The summed E-state index contributed by atoms with van der Waals surface area (Å²) in [7, 11) is 0. The molecule has 35 heavy (non-hydrogen) atoms. The predicted molar refractivity (Wildman–Crippen MR) is 131 cm³/mol. The summed E-state index contributed by atoms with van der Waals surface area (Å²) >= 11 is 6.60. The molecular formula is C24H21F3N2O4S2. The summed E-state index contributed by atoms with van der Waals surface area (Å²) in [6, 6.07) is 11.1.